The number of aromatic nitrogens is 2. The molecule has 1 amide bonds. The van der Waals surface area contributed by atoms with Crippen molar-refractivity contribution in [2.75, 3.05) is 26.2 Å². The zero-order valence-electron chi connectivity index (χ0n) is 27.8. The summed E-state index contributed by atoms with van der Waals surface area (Å²) >= 11 is 14.9. The van der Waals surface area contributed by atoms with Crippen LogP contribution in [0, 0.1) is 6.92 Å². The SMILES string of the molecule is COc1cc(C2C(=C(O)c3ccc(OCc4cccc(C)c4)cc3)C(=O)C(=O)N2c2nnc(SCc3ccc(Cl)cc3Cl)s2)cc(OC)c1OC. The lowest BCUT2D eigenvalue weighted by Gasteiger charge is -2.24. The van der Waals surface area contributed by atoms with Crippen LogP contribution in [0.4, 0.5) is 5.13 Å². The summed E-state index contributed by atoms with van der Waals surface area (Å²) in [6, 6.07) is 22.0. The molecule has 0 bridgehead atoms. The van der Waals surface area contributed by atoms with E-state index in [2.05, 4.69) is 10.2 Å². The molecule has 0 aliphatic carbocycles. The Morgan fingerprint density at radius 2 is 1.65 bits per heavy atom. The molecule has 4 aromatic carbocycles. The van der Waals surface area contributed by atoms with Gasteiger partial charge in [0.25, 0.3) is 5.78 Å². The molecule has 1 aliphatic heterocycles. The number of carbonyl (C=O) groups is 2. The lowest BCUT2D eigenvalue weighted by molar-refractivity contribution is -0.132. The van der Waals surface area contributed by atoms with E-state index in [0.29, 0.717) is 60.9 Å². The number of thioether (sulfide) groups is 1. The highest BCUT2D eigenvalue weighted by molar-refractivity contribution is 8.00. The highest BCUT2D eigenvalue weighted by atomic mass is 35.5. The summed E-state index contributed by atoms with van der Waals surface area (Å²) in [5, 5.41) is 21.5. The summed E-state index contributed by atoms with van der Waals surface area (Å²) in [5.74, 6) is -0.237. The molecule has 0 radical (unpaired) electrons. The van der Waals surface area contributed by atoms with Crippen LogP contribution in [0.3, 0.4) is 0 Å². The van der Waals surface area contributed by atoms with Gasteiger partial charge in [0, 0.05) is 21.4 Å². The van der Waals surface area contributed by atoms with Gasteiger partial charge in [0.2, 0.25) is 10.9 Å². The Morgan fingerprint density at radius 1 is 0.922 bits per heavy atom. The van der Waals surface area contributed by atoms with E-state index in [4.69, 9.17) is 42.1 Å². The number of anilines is 1. The molecule has 5 aromatic rings. The first-order chi connectivity index (χ1) is 24.6. The fourth-order valence-corrected chi connectivity index (χ4v) is 8.00. The first-order valence-corrected chi connectivity index (χ1v) is 18.0. The van der Waals surface area contributed by atoms with Gasteiger partial charge in [-0.25, -0.2) is 0 Å². The van der Waals surface area contributed by atoms with E-state index in [-0.39, 0.29) is 16.5 Å². The van der Waals surface area contributed by atoms with Gasteiger partial charge in [-0.2, -0.15) is 0 Å². The Labute approximate surface area is 312 Å². The molecular formula is C37H31Cl2N3O7S2. The maximum Gasteiger partial charge on any atom is 0.301 e. The number of aliphatic hydroxyl groups excluding tert-OH is 1. The maximum atomic E-state index is 13.9. The van der Waals surface area contributed by atoms with E-state index in [1.165, 1.54) is 38.0 Å². The molecule has 1 aromatic heterocycles. The number of ether oxygens (including phenoxy) is 4. The fraction of sp³-hybridized carbons (Fsp3) is 0.189. The Morgan fingerprint density at radius 3 is 2.29 bits per heavy atom. The molecule has 1 saturated heterocycles. The number of carbonyl (C=O) groups excluding carboxylic acids is 2. The molecule has 14 heteroatoms. The first-order valence-electron chi connectivity index (χ1n) is 15.4. The van der Waals surface area contributed by atoms with Gasteiger partial charge in [0.15, 0.2) is 15.8 Å². The van der Waals surface area contributed by atoms with E-state index in [9.17, 15) is 14.7 Å². The van der Waals surface area contributed by atoms with Crippen LogP contribution >= 0.6 is 46.3 Å². The predicted molar refractivity (Wildman–Crippen MR) is 199 cm³/mol. The number of hydrogen-bond donors (Lipinski definition) is 1. The number of aryl methyl sites for hydroxylation is 1. The van der Waals surface area contributed by atoms with E-state index in [1.54, 1.807) is 48.5 Å². The highest BCUT2D eigenvalue weighted by Gasteiger charge is 2.49. The molecule has 1 unspecified atom stereocenters. The Bertz CT molecular complexity index is 2110. The molecule has 262 valence electrons. The van der Waals surface area contributed by atoms with Gasteiger partial charge in [-0.15, -0.1) is 10.2 Å². The quantitative estimate of drug-likeness (QED) is 0.0435. The van der Waals surface area contributed by atoms with Crippen molar-refractivity contribution in [2.24, 2.45) is 0 Å². The zero-order valence-corrected chi connectivity index (χ0v) is 31.0. The van der Waals surface area contributed by atoms with E-state index >= 15 is 0 Å². The molecule has 1 N–H and O–H groups in total. The number of Topliss-reactive ketones (excluding diaryl/α,β-unsaturated/α-hetero) is 1. The number of halogens is 2. The van der Waals surface area contributed by atoms with Crippen molar-refractivity contribution in [1.29, 1.82) is 0 Å². The van der Waals surface area contributed by atoms with Gasteiger partial charge in [-0.05, 0) is 72.1 Å². The minimum absolute atomic E-state index is 0.152. The number of nitrogens with zero attached hydrogens (tertiary/aromatic N) is 3. The largest absolute Gasteiger partial charge is 0.507 e. The summed E-state index contributed by atoms with van der Waals surface area (Å²) in [6.07, 6.45) is 0. The van der Waals surface area contributed by atoms with Crippen molar-refractivity contribution < 1.29 is 33.6 Å². The fourth-order valence-electron chi connectivity index (χ4n) is 5.57. The number of ketones is 1. The summed E-state index contributed by atoms with van der Waals surface area (Å²) in [6.45, 7) is 2.37. The smallest absolute Gasteiger partial charge is 0.301 e. The van der Waals surface area contributed by atoms with Crippen LogP contribution < -0.4 is 23.8 Å². The van der Waals surface area contributed by atoms with Crippen molar-refractivity contribution >= 4 is 68.9 Å². The second-order valence-corrected chi connectivity index (χ2v) is 14.3. The summed E-state index contributed by atoms with van der Waals surface area (Å²) in [4.78, 5) is 28.9. The van der Waals surface area contributed by atoms with Crippen molar-refractivity contribution in [3.63, 3.8) is 0 Å². The van der Waals surface area contributed by atoms with Crippen molar-refractivity contribution in [3.8, 4) is 23.0 Å². The Hall–Kier alpha value is -4.75. The van der Waals surface area contributed by atoms with Crippen molar-refractivity contribution in [1.82, 2.24) is 10.2 Å². The molecule has 1 aliphatic rings. The minimum atomic E-state index is -1.13. The van der Waals surface area contributed by atoms with Crippen LogP contribution in [0.25, 0.3) is 5.76 Å². The van der Waals surface area contributed by atoms with E-state index in [0.717, 1.165) is 28.0 Å². The third-order valence-electron chi connectivity index (χ3n) is 8.03. The Kier molecular flexibility index (Phi) is 11.1. The number of aliphatic hydroxyl groups is 1. The first kappa shape index (κ1) is 36.1. The van der Waals surface area contributed by atoms with Crippen LogP contribution in [-0.2, 0) is 21.9 Å². The average molecular weight is 765 g/mol. The lowest BCUT2D eigenvalue weighted by Crippen LogP contribution is -2.29. The molecule has 2 heterocycles. The van der Waals surface area contributed by atoms with Gasteiger partial charge < -0.3 is 24.1 Å². The molecule has 10 nitrogen and oxygen atoms in total. The van der Waals surface area contributed by atoms with Crippen LogP contribution in [-0.4, -0.2) is 48.3 Å². The number of rotatable bonds is 12. The van der Waals surface area contributed by atoms with E-state index < -0.39 is 17.7 Å². The third-order valence-corrected chi connectivity index (χ3v) is 10.7. The highest BCUT2D eigenvalue weighted by Crippen LogP contribution is 2.48. The molecular weight excluding hydrogens is 733 g/mol. The van der Waals surface area contributed by atoms with Crippen molar-refractivity contribution in [3.05, 3.63) is 122 Å². The van der Waals surface area contributed by atoms with Crippen molar-refractivity contribution in [2.45, 2.75) is 29.7 Å². The molecule has 0 saturated carbocycles. The zero-order chi connectivity index (χ0) is 36.2. The number of methoxy groups -OCH3 is 3. The second kappa shape index (κ2) is 15.6. The summed E-state index contributed by atoms with van der Waals surface area (Å²) < 4.78 is 23.2. The van der Waals surface area contributed by atoms with Crippen LogP contribution in [0.1, 0.15) is 33.9 Å². The van der Waals surface area contributed by atoms with Gasteiger partial charge in [-0.3, -0.25) is 14.5 Å². The minimum Gasteiger partial charge on any atom is -0.507 e. The number of benzene rings is 4. The van der Waals surface area contributed by atoms with Gasteiger partial charge in [-0.1, -0.05) is 82.2 Å². The number of amides is 1. The molecule has 1 atom stereocenters. The molecule has 6 rings (SSSR count). The van der Waals surface area contributed by atoms with Gasteiger partial charge in [0.05, 0.1) is 32.9 Å². The molecule has 1 fully saturated rings. The number of hydrogen-bond acceptors (Lipinski definition) is 11. The van der Waals surface area contributed by atoms with Crippen LogP contribution in [0.5, 0.6) is 23.0 Å². The lowest BCUT2D eigenvalue weighted by atomic mass is 9.94. The van der Waals surface area contributed by atoms with Crippen LogP contribution in [0.15, 0.2) is 88.8 Å². The standard InChI is InChI=1S/C37H31Cl2N3O7S2/c1-20-6-5-7-21(14-20)18-49-26-12-9-22(10-13-26)32(43)30-31(24-15-28(46-2)34(48-4)29(16-24)47-3)42(35(45)33(30)44)36-40-41-37(51-36)50-19-23-8-11-25(38)17-27(23)39/h5-17,31,43H,18-19H2,1-4H3. The third kappa shape index (κ3) is 7.64. The van der Waals surface area contributed by atoms with Gasteiger partial charge >= 0.3 is 5.91 Å². The molecule has 0 spiro atoms. The molecule has 51 heavy (non-hydrogen) atoms. The summed E-state index contributed by atoms with van der Waals surface area (Å²) in [7, 11) is 4.39. The Balaban J connectivity index is 1.37. The van der Waals surface area contributed by atoms with Gasteiger partial charge in [0.1, 0.15) is 18.1 Å². The predicted octanol–water partition coefficient (Wildman–Crippen LogP) is 8.68. The maximum absolute atomic E-state index is 13.9. The van der Waals surface area contributed by atoms with E-state index in [1.807, 2.05) is 37.3 Å². The monoisotopic (exact) mass is 763 g/mol. The topological polar surface area (TPSA) is 120 Å². The second-order valence-electron chi connectivity index (χ2n) is 11.3. The normalized spacial score (nSPS) is 15.3. The average Bonchev–Trinajstić information content (AvgIpc) is 3.70. The summed E-state index contributed by atoms with van der Waals surface area (Å²) in [5.41, 5.74) is 3.54. The van der Waals surface area contributed by atoms with Crippen LogP contribution in [0.2, 0.25) is 10.0 Å².